The molecule has 5 nitrogen and oxygen atoms in total. The van der Waals surface area contributed by atoms with Crippen LogP contribution in [0.1, 0.15) is 31.9 Å². The number of amides is 1. The Morgan fingerprint density at radius 1 is 1.12 bits per heavy atom. The molecule has 6 heteroatoms. The van der Waals surface area contributed by atoms with Crippen molar-refractivity contribution in [2.75, 3.05) is 14.2 Å². The van der Waals surface area contributed by atoms with Gasteiger partial charge in [-0.2, -0.15) is 0 Å². The second kappa shape index (κ2) is 9.34. The first-order chi connectivity index (χ1) is 12.5. The quantitative estimate of drug-likeness (QED) is 0.741. The predicted molar refractivity (Wildman–Crippen MR) is 102 cm³/mol. The lowest BCUT2D eigenvalue weighted by Gasteiger charge is -2.22. The van der Waals surface area contributed by atoms with Crippen LogP contribution in [0.15, 0.2) is 42.5 Å². The Kier molecular flexibility index (Phi) is 7.16. The number of methoxy groups -OCH3 is 2. The Bertz CT molecular complexity index is 750. The van der Waals surface area contributed by atoms with Crippen molar-refractivity contribution in [3.63, 3.8) is 0 Å². The normalized spacial score (nSPS) is 12.8. The summed E-state index contributed by atoms with van der Waals surface area (Å²) in [5.41, 5.74) is 0.831. The number of carbonyl (C=O) groups excluding carboxylic acids is 1. The highest BCUT2D eigenvalue weighted by atomic mass is 35.5. The summed E-state index contributed by atoms with van der Waals surface area (Å²) in [5, 5.41) is 3.54. The average molecular weight is 378 g/mol. The van der Waals surface area contributed by atoms with Crippen LogP contribution in [0.5, 0.6) is 17.2 Å². The van der Waals surface area contributed by atoms with Crippen molar-refractivity contribution < 1.29 is 19.0 Å². The van der Waals surface area contributed by atoms with Gasteiger partial charge in [0.2, 0.25) is 0 Å². The third-order valence-electron chi connectivity index (χ3n) is 4.00. The summed E-state index contributed by atoms with van der Waals surface area (Å²) in [7, 11) is 3.19. The summed E-state index contributed by atoms with van der Waals surface area (Å²) < 4.78 is 16.4. The fraction of sp³-hybridized carbons (Fsp3) is 0.350. The van der Waals surface area contributed by atoms with Gasteiger partial charge < -0.3 is 19.5 Å². The number of ether oxygens (including phenoxy) is 3. The summed E-state index contributed by atoms with van der Waals surface area (Å²) in [6, 6.07) is 12.2. The van der Waals surface area contributed by atoms with Crippen molar-refractivity contribution in [2.24, 2.45) is 0 Å². The van der Waals surface area contributed by atoms with Crippen LogP contribution in [-0.2, 0) is 4.79 Å². The molecule has 0 aromatic heterocycles. The third-order valence-corrected chi connectivity index (χ3v) is 4.23. The molecule has 0 saturated carbocycles. The van der Waals surface area contributed by atoms with Crippen LogP contribution in [0, 0.1) is 0 Å². The van der Waals surface area contributed by atoms with Gasteiger partial charge in [-0.05, 0) is 49.7 Å². The topological polar surface area (TPSA) is 56.8 Å². The van der Waals surface area contributed by atoms with Gasteiger partial charge in [0.25, 0.3) is 5.91 Å². The molecule has 26 heavy (non-hydrogen) atoms. The lowest BCUT2D eigenvalue weighted by molar-refractivity contribution is -0.128. The first-order valence-electron chi connectivity index (χ1n) is 8.43. The van der Waals surface area contributed by atoms with Crippen molar-refractivity contribution in [3.05, 3.63) is 53.1 Å². The molecular weight excluding hydrogens is 354 g/mol. The van der Waals surface area contributed by atoms with E-state index in [2.05, 4.69) is 5.32 Å². The van der Waals surface area contributed by atoms with Crippen LogP contribution in [-0.4, -0.2) is 26.2 Å². The number of carbonyl (C=O) groups is 1. The third kappa shape index (κ3) is 5.05. The maximum atomic E-state index is 12.7. The molecule has 2 aromatic rings. The smallest absolute Gasteiger partial charge is 0.261 e. The molecule has 0 saturated heterocycles. The molecule has 2 atom stereocenters. The summed E-state index contributed by atoms with van der Waals surface area (Å²) in [5.74, 6) is 1.74. The van der Waals surface area contributed by atoms with Crippen LogP contribution >= 0.6 is 11.6 Å². The zero-order valence-electron chi connectivity index (χ0n) is 15.4. The van der Waals surface area contributed by atoms with E-state index in [0.29, 0.717) is 28.7 Å². The molecular formula is C20H24ClNO4. The van der Waals surface area contributed by atoms with Crippen LogP contribution < -0.4 is 19.5 Å². The van der Waals surface area contributed by atoms with Gasteiger partial charge in [0, 0.05) is 10.6 Å². The van der Waals surface area contributed by atoms with Crippen LogP contribution in [0.4, 0.5) is 0 Å². The molecule has 0 radical (unpaired) electrons. The molecule has 0 fully saturated rings. The number of nitrogens with one attached hydrogen (secondary N) is 1. The summed E-state index contributed by atoms with van der Waals surface area (Å²) in [6.07, 6.45) is -0.0899. The fourth-order valence-electron chi connectivity index (χ4n) is 2.59. The fourth-order valence-corrected chi connectivity index (χ4v) is 2.77. The molecule has 1 amide bonds. The predicted octanol–water partition coefficient (Wildman–Crippen LogP) is 4.39. The average Bonchev–Trinajstić information content (AvgIpc) is 2.65. The van der Waals surface area contributed by atoms with Gasteiger partial charge in [-0.3, -0.25) is 4.79 Å². The van der Waals surface area contributed by atoms with E-state index >= 15 is 0 Å². The zero-order valence-corrected chi connectivity index (χ0v) is 16.2. The van der Waals surface area contributed by atoms with Gasteiger partial charge in [0.1, 0.15) is 17.2 Å². The molecule has 0 aliphatic heterocycles. The van der Waals surface area contributed by atoms with Gasteiger partial charge in [-0.25, -0.2) is 0 Å². The van der Waals surface area contributed by atoms with Crippen LogP contribution in [0.3, 0.4) is 0 Å². The van der Waals surface area contributed by atoms with Crippen molar-refractivity contribution in [1.82, 2.24) is 5.32 Å². The summed E-state index contributed by atoms with van der Waals surface area (Å²) in [4.78, 5) is 12.7. The number of rotatable bonds is 8. The van der Waals surface area contributed by atoms with E-state index in [4.69, 9.17) is 25.8 Å². The number of benzene rings is 2. The second-order valence-electron chi connectivity index (χ2n) is 5.81. The van der Waals surface area contributed by atoms with Crippen LogP contribution in [0.25, 0.3) is 0 Å². The van der Waals surface area contributed by atoms with Crippen molar-refractivity contribution >= 4 is 17.5 Å². The Hall–Kier alpha value is -2.40. The molecule has 2 rings (SSSR count). The van der Waals surface area contributed by atoms with Crippen LogP contribution in [0.2, 0.25) is 5.02 Å². The minimum absolute atomic E-state index is 0.204. The van der Waals surface area contributed by atoms with Gasteiger partial charge in [-0.15, -0.1) is 0 Å². The van der Waals surface area contributed by atoms with E-state index in [1.165, 1.54) is 0 Å². The van der Waals surface area contributed by atoms with Gasteiger partial charge in [0.15, 0.2) is 6.10 Å². The van der Waals surface area contributed by atoms with Crippen molar-refractivity contribution in [3.8, 4) is 17.2 Å². The number of halogens is 1. The second-order valence-corrected chi connectivity index (χ2v) is 6.25. The van der Waals surface area contributed by atoms with E-state index in [1.54, 1.807) is 38.5 Å². The van der Waals surface area contributed by atoms with Crippen molar-refractivity contribution in [2.45, 2.75) is 32.4 Å². The maximum Gasteiger partial charge on any atom is 0.261 e. The monoisotopic (exact) mass is 377 g/mol. The molecule has 140 valence electrons. The lowest BCUT2D eigenvalue weighted by Crippen LogP contribution is -2.39. The highest BCUT2D eigenvalue weighted by Gasteiger charge is 2.22. The Labute approximate surface area is 159 Å². The molecule has 1 N–H and O–H groups in total. The van der Waals surface area contributed by atoms with E-state index in [0.717, 1.165) is 5.56 Å². The zero-order chi connectivity index (χ0) is 19.1. The molecule has 0 unspecified atom stereocenters. The minimum Gasteiger partial charge on any atom is -0.497 e. The largest absolute Gasteiger partial charge is 0.497 e. The molecule has 2 aromatic carbocycles. The molecule has 0 heterocycles. The van der Waals surface area contributed by atoms with Crippen molar-refractivity contribution in [1.29, 1.82) is 0 Å². The Morgan fingerprint density at radius 3 is 2.50 bits per heavy atom. The maximum absolute atomic E-state index is 12.7. The summed E-state index contributed by atoms with van der Waals surface area (Å²) >= 11 is 5.97. The molecule has 0 bridgehead atoms. The highest BCUT2D eigenvalue weighted by molar-refractivity contribution is 6.30. The standard InChI is InChI=1S/C20H24ClNO4/c1-5-18(26-16-8-6-7-14(21)11-16)20(23)22-13(2)17-12-15(24-3)9-10-19(17)25-4/h6-13,18H,5H2,1-4H3,(H,22,23)/t13-,18+/m0/s1. The first-order valence-corrected chi connectivity index (χ1v) is 8.80. The minimum atomic E-state index is -0.618. The summed E-state index contributed by atoms with van der Waals surface area (Å²) in [6.45, 7) is 3.78. The van der Waals surface area contributed by atoms with E-state index in [9.17, 15) is 4.79 Å². The molecule has 0 aliphatic carbocycles. The number of hydrogen-bond donors (Lipinski definition) is 1. The Morgan fingerprint density at radius 2 is 1.88 bits per heavy atom. The SMILES string of the molecule is CC[C@@H](Oc1cccc(Cl)c1)C(=O)N[C@@H](C)c1cc(OC)ccc1OC. The lowest BCUT2D eigenvalue weighted by atomic mass is 10.1. The van der Waals surface area contributed by atoms with Gasteiger partial charge in [-0.1, -0.05) is 24.6 Å². The van der Waals surface area contributed by atoms with Gasteiger partial charge in [0.05, 0.1) is 20.3 Å². The molecule has 0 aliphatic rings. The number of hydrogen-bond acceptors (Lipinski definition) is 4. The van der Waals surface area contributed by atoms with E-state index in [-0.39, 0.29) is 11.9 Å². The van der Waals surface area contributed by atoms with E-state index < -0.39 is 6.10 Å². The van der Waals surface area contributed by atoms with E-state index in [1.807, 2.05) is 32.0 Å². The van der Waals surface area contributed by atoms with Gasteiger partial charge >= 0.3 is 0 Å². The highest BCUT2D eigenvalue weighted by Crippen LogP contribution is 2.29. The molecule has 0 spiro atoms. The Balaban J connectivity index is 2.11. The first kappa shape index (κ1) is 19.9.